The summed E-state index contributed by atoms with van der Waals surface area (Å²) in [6, 6.07) is 1.06. The van der Waals surface area contributed by atoms with Crippen LogP contribution < -0.4 is 5.32 Å². The fraction of sp³-hybridized carbons (Fsp3) is 0.833. The number of nitrogens with one attached hydrogen (secondary N) is 1. The van der Waals surface area contributed by atoms with Crippen LogP contribution in [0.2, 0.25) is 0 Å². The molecule has 1 aliphatic rings. The molecule has 0 bridgehead atoms. The molecule has 1 saturated heterocycles. The highest BCUT2D eigenvalue weighted by Crippen LogP contribution is 2.11. The number of aryl methyl sites for hydroxylation is 1. The van der Waals surface area contributed by atoms with Crippen molar-refractivity contribution in [2.24, 2.45) is 0 Å². The van der Waals surface area contributed by atoms with Crippen LogP contribution in [0.1, 0.15) is 38.9 Å². The highest BCUT2D eigenvalue weighted by atomic mass is 16.5. The summed E-state index contributed by atoms with van der Waals surface area (Å²) in [5.41, 5.74) is 0. The first-order valence-corrected chi connectivity index (χ1v) is 6.48. The number of nitrogens with zero attached hydrogens (tertiary/aromatic N) is 3. The largest absolute Gasteiger partial charge is 0.339 e. The van der Waals surface area contributed by atoms with Gasteiger partial charge in [-0.1, -0.05) is 12.1 Å². The van der Waals surface area contributed by atoms with Gasteiger partial charge in [-0.3, -0.25) is 4.90 Å². The molecule has 2 rings (SSSR count). The maximum Gasteiger partial charge on any atom is 0.226 e. The lowest BCUT2D eigenvalue weighted by atomic mass is 10.1. The van der Waals surface area contributed by atoms with Crippen molar-refractivity contribution in [3.05, 3.63) is 11.7 Å². The molecule has 1 N–H and O–H groups in total. The zero-order valence-electron chi connectivity index (χ0n) is 10.9. The Labute approximate surface area is 103 Å². The van der Waals surface area contributed by atoms with Crippen molar-refractivity contribution in [2.75, 3.05) is 13.1 Å². The number of aromatic nitrogens is 2. The normalized spacial score (nSPS) is 26.3. The average molecular weight is 238 g/mol. The quantitative estimate of drug-likeness (QED) is 0.854. The Hall–Kier alpha value is -0.940. The summed E-state index contributed by atoms with van der Waals surface area (Å²) in [5.74, 6) is 1.58. The first kappa shape index (κ1) is 12.5. The summed E-state index contributed by atoms with van der Waals surface area (Å²) in [6.45, 7) is 9.41. The highest BCUT2D eigenvalue weighted by molar-refractivity contribution is 4.90. The van der Waals surface area contributed by atoms with Crippen LogP contribution in [0.3, 0.4) is 0 Å². The molecule has 0 spiro atoms. The minimum absolute atomic E-state index is 0.527. The van der Waals surface area contributed by atoms with Gasteiger partial charge in [-0.2, -0.15) is 4.98 Å². The van der Waals surface area contributed by atoms with E-state index in [9.17, 15) is 0 Å². The van der Waals surface area contributed by atoms with Gasteiger partial charge in [0, 0.05) is 31.6 Å². The SMILES string of the molecule is CCCc1nc(CN2CC(C)NCC2C)no1. The van der Waals surface area contributed by atoms with Gasteiger partial charge in [-0.15, -0.1) is 0 Å². The lowest BCUT2D eigenvalue weighted by molar-refractivity contribution is 0.134. The van der Waals surface area contributed by atoms with Gasteiger partial charge in [-0.25, -0.2) is 0 Å². The van der Waals surface area contributed by atoms with E-state index in [-0.39, 0.29) is 0 Å². The van der Waals surface area contributed by atoms with E-state index in [0.717, 1.165) is 44.2 Å². The molecule has 1 fully saturated rings. The summed E-state index contributed by atoms with van der Waals surface area (Å²) in [7, 11) is 0. The molecule has 0 amide bonds. The second kappa shape index (κ2) is 5.60. The maximum atomic E-state index is 5.21. The molecule has 0 radical (unpaired) electrons. The number of hydrogen-bond acceptors (Lipinski definition) is 5. The Morgan fingerprint density at radius 3 is 3.06 bits per heavy atom. The molecule has 2 unspecified atom stereocenters. The molecule has 2 atom stereocenters. The second-order valence-corrected chi connectivity index (χ2v) is 4.94. The molecule has 2 heterocycles. The molecule has 5 heteroatoms. The fourth-order valence-corrected chi connectivity index (χ4v) is 2.17. The van der Waals surface area contributed by atoms with E-state index in [1.54, 1.807) is 0 Å². The van der Waals surface area contributed by atoms with Crippen LogP contribution in [0, 0.1) is 0 Å². The maximum absolute atomic E-state index is 5.21. The molecular weight excluding hydrogens is 216 g/mol. The van der Waals surface area contributed by atoms with E-state index in [1.165, 1.54) is 0 Å². The van der Waals surface area contributed by atoms with Crippen molar-refractivity contribution >= 4 is 0 Å². The topological polar surface area (TPSA) is 54.2 Å². The molecule has 1 aliphatic heterocycles. The third kappa shape index (κ3) is 3.26. The van der Waals surface area contributed by atoms with Crippen LogP contribution >= 0.6 is 0 Å². The third-order valence-electron chi connectivity index (χ3n) is 3.21. The van der Waals surface area contributed by atoms with E-state index in [0.29, 0.717) is 12.1 Å². The third-order valence-corrected chi connectivity index (χ3v) is 3.21. The lowest BCUT2D eigenvalue weighted by Gasteiger charge is -2.36. The van der Waals surface area contributed by atoms with Crippen molar-refractivity contribution in [2.45, 2.75) is 52.2 Å². The van der Waals surface area contributed by atoms with E-state index in [4.69, 9.17) is 4.52 Å². The fourth-order valence-electron chi connectivity index (χ4n) is 2.17. The standard InChI is InChI=1S/C12H22N4O/c1-4-5-12-14-11(15-17-12)8-16-7-9(2)13-6-10(16)3/h9-10,13H,4-8H2,1-3H3. The summed E-state index contributed by atoms with van der Waals surface area (Å²) in [5, 5.41) is 7.51. The van der Waals surface area contributed by atoms with E-state index >= 15 is 0 Å². The predicted octanol–water partition coefficient (Wildman–Crippen LogP) is 1.20. The molecule has 1 aromatic rings. The van der Waals surface area contributed by atoms with Gasteiger partial charge in [0.2, 0.25) is 5.89 Å². The van der Waals surface area contributed by atoms with Crippen LogP contribution in [-0.4, -0.2) is 40.2 Å². The Kier molecular flexibility index (Phi) is 4.12. The van der Waals surface area contributed by atoms with Crippen LogP contribution in [0.4, 0.5) is 0 Å². The second-order valence-electron chi connectivity index (χ2n) is 4.94. The molecule has 0 saturated carbocycles. The molecule has 17 heavy (non-hydrogen) atoms. The average Bonchev–Trinajstić information content (AvgIpc) is 2.72. The first-order valence-electron chi connectivity index (χ1n) is 6.48. The zero-order chi connectivity index (χ0) is 12.3. The van der Waals surface area contributed by atoms with Crippen molar-refractivity contribution in [1.82, 2.24) is 20.4 Å². The summed E-state index contributed by atoms with van der Waals surface area (Å²) in [6.07, 6.45) is 1.92. The van der Waals surface area contributed by atoms with Crippen LogP contribution in [-0.2, 0) is 13.0 Å². The van der Waals surface area contributed by atoms with Crippen LogP contribution in [0.5, 0.6) is 0 Å². The Bertz CT molecular complexity index is 352. The molecule has 0 aromatic carbocycles. The number of rotatable bonds is 4. The van der Waals surface area contributed by atoms with Crippen molar-refractivity contribution in [1.29, 1.82) is 0 Å². The van der Waals surface area contributed by atoms with E-state index in [2.05, 4.69) is 41.1 Å². The van der Waals surface area contributed by atoms with E-state index < -0.39 is 0 Å². The molecule has 5 nitrogen and oxygen atoms in total. The zero-order valence-corrected chi connectivity index (χ0v) is 10.9. The summed E-state index contributed by atoms with van der Waals surface area (Å²) >= 11 is 0. The molecule has 0 aliphatic carbocycles. The number of piperazine rings is 1. The number of hydrogen-bond donors (Lipinski definition) is 1. The van der Waals surface area contributed by atoms with Gasteiger partial charge in [0.25, 0.3) is 0 Å². The highest BCUT2D eigenvalue weighted by Gasteiger charge is 2.23. The monoisotopic (exact) mass is 238 g/mol. The van der Waals surface area contributed by atoms with Crippen molar-refractivity contribution < 1.29 is 4.52 Å². The minimum atomic E-state index is 0.527. The van der Waals surface area contributed by atoms with Gasteiger partial charge in [-0.05, 0) is 20.3 Å². The Morgan fingerprint density at radius 1 is 1.47 bits per heavy atom. The Balaban J connectivity index is 1.94. The lowest BCUT2D eigenvalue weighted by Crippen LogP contribution is -2.53. The predicted molar refractivity (Wildman–Crippen MR) is 65.6 cm³/mol. The van der Waals surface area contributed by atoms with Crippen LogP contribution in [0.25, 0.3) is 0 Å². The van der Waals surface area contributed by atoms with Gasteiger partial charge in [0.05, 0.1) is 6.54 Å². The van der Waals surface area contributed by atoms with Crippen LogP contribution in [0.15, 0.2) is 4.52 Å². The molecule has 96 valence electrons. The van der Waals surface area contributed by atoms with Crippen molar-refractivity contribution in [3.8, 4) is 0 Å². The minimum Gasteiger partial charge on any atom is -0.339 e. The summed E-state index contributed by atoms with van der Waals surface area (Å²) in [4.78, 5) is 6.82. The molecular formula is C12H22N4O. The smallest absolute Gasteiger partial charge is 0.226 e. The Morgan fingerprint density at radius 2 is 2.29 bits per heavy atom. The first-order chi connectivity index (χ1) is 8.19. The molecule has 1 aromatic heterocycles. The van der Waals surface area contributed by atoms with E-state index in [1.807, 2.05) is 0 Å². The van der Waals surface area contributed by atoms with Crippen molar-refractivity contribution in [3.63, 3.8) is 0 Å². The van der Waals surface area contributed by atoms with Gasteiger partial charge in [0.15, 0.2) is 5.82 Å². The van der Waals surface area contributed by atoms with Gasteiger partial charge < -0.3 is 9.84 Å². The van der Waals surface area contributed by atoms with Gasteiger partial charge >= 0.3 is 0 Å². The van der Waals surface area contributed by atoms with Gasteiger partial charge in [0.1, 0.15) is 0 Å². The summed E-state index contributed by atoms with van der Waals surface area (Å²) < 4.78 is 5.21.